The molecule has 0 unspecified atom stereocenters. The van der Waals surface area contributed by atoms with Crippen molar-refractivity contribution in [3.05, 3.63) is 0 Å². The Morgan fingerprint density at radius 1 is 0.938 bits per heavy atom. The largest absolute Gasteiger partial charge is 0.381 e. The lowest BCUT2D eigenvalue weighted by Gasteiger charge is -2.05. The van der Waals surface area contributed by atoms with Crippen LogP contribution in [0.4, 0.5) is 0 Å². The van der Waals surface area contributed by atoms with Gasteiger partial charge in [0.1, 0.15) is 5.78 Å². The predicted molar refractivity (Wildman–Crippen MR) is 68.7 cm³/mol. The lowest BCUT2D eigenvalue weighted by atomic mass is 10.00. The lowest BCUT2D eigenvalue weighted by molar-refractivity contribution is -0.120. The fourth-order valence-corrected chi connectivity index (χ4v) is 1.54. The maximum Gasteiger partial charge on any atom is 0.132 e. The SMILES string of the molecule is CCCCOCCCC.O=C1CCCCC1. The van der Waals surface area contributed by atoms with Crippen molar-refractivity contribution in [2.45, 2.75) is 71.6 Å². The van der Waals surface area contributed by atoms with Crippen LogP contribution in [-0.2, 0) is 9.53 Å². The summed E-state index contributed by atoms with van der Waals surface area (Å²) in [7, 11) is 0. The first-order chi connectivity index (χ1) is 7.81. The van der Waals surface area contributed by atoms with Crippen LogP contribution in [0.5, 0.6) is 0 Å². The third-order valence-corrected chi connectivity index (χ3v) is 2.70. The van der Waals surface area contributed by atoms with Gasteiger partial charge in [-0.05, 0) is 25.7 Å². The Hall–Kier alpha value is -0.370. The molecule has 0 spiro atoms. The van der Waals surface area contributed by atoms with Crippen molar-refractivity contribution in [1.82, 2.24) is 0 Å². The summed E-state index contributed by atoms with van der Waals surface area (Å²) in [6, 6.07) is 0. The zero-order valence-electron chi connectivity index (χ0n) is 11.1. The number of hydrogen-bond acceptors (Lipinski definition) is 2. The number of carbonyl (C=O) groups excluding carboxylic acids is 1. The highest BCUT2D eigenvalue weighted by atomic mass is 16.5. The Bertz CT molecular complexity index is 141. The Labute approximate surface area is 101 Å². The number of Topliss-reactive ketones (excluding diaryl/α,β-unsaturated/α-hetero) is 1. The first-order valence-corrected chi connectivity index (χ1v) is 6.90. The summed E-state index contributed by atoms with van der Waals surface area (Å²) in [6.07, 6.45) is 10.1. The molecule has 0 aromatic heterocycles. The van der Waals surface area contributed by atoms with Gasteiger partial charge in [0.15, 0.2) is 0 Å². The van der Waals surface area contributed by atoms with Gasteiger partial charge in [0.2, 0.25) is 0 Å². The van der Waals surface area contributed by atoms with E-state index < -0.39 is 0 Å². The molecule has 0 aliphatic heterocycles. The molecule has 1 saturated carbocycles. The molecule has 0 aromatic carbocycles. The molecular formula is C14H28O2. The van der Waals surface area contributed by atoms with Crippen LogP contribution in [-0.4, -0.2) is 19.0 Å². The zero-order valence-corrected chi connectivity index (χ0v) is 11.1. The van der Waals surface area contributed by atoms with E-state index in [2.05, 4.69) is 13.8 Å². The zero-order chi connectivity index (χ0) is 12.1. The average Bonchev–Trinajstić information content (AvgIpc) is 2.31. The van der Waals surface area contributed by atoms with Crippen LogP contribution in [0, 0.1) is 0 Å². The number of rotatable bonds is 6. The first-order valence-electron chi connectivity index (χ1n) is 6.90. The van der Waals surface area contributed by atoms with E-state index in [1.165, 1.54) is 32.1 Å². The normalized spacial score (nSPS) is 15.5. The van der Waals surface area contributed by atoms with Crippen LogP contribution < -0.4 is 0 Å². The summed E-state index contributed by atoms with van der Waals surface area (Å²) >= 11 is 0. The summed E-state index contributed by atoms with van der Waals surface area (Å²) < 4.78 is 5.31. The van der Waals surface area contributed by atoms with E-state index in [0.29, 0.717) is 5.78 Å². The smallest absolute Gasteiger partial charge is 0.132 e. The molecule has 2 nitrogen and oxygen atoms in total. The molecule has 1 aliphatic carbocycles. The van der Waals surface area contributed by atoms with Crippen LogP contribution in [0.15, 0.2) is 0 Å². The predicted octanol–water partition coefficient (Wildman–Crippen LogP) is 4.12. The molecule has 0 bridgehead atoms. The van der Waals surface area contributed by atoms with Gasteiger partial charge in [-0.2, -0.15) is 0 Å². The fourth-order valence-electron chi connectivity index (χ4n) is 1.54. The molecule has 1 aliphatic rings. The van der Waals surface area contributed by atoms with E-state index >= 15 is 0 Å². The number of unbranched alkanes of at least 4 members (excludes halogenated alkanes) is 2. The maximum absolute atomic E-state index is 10.5. The molecular weight excluding hydrogens is 200 g/mol. The first kappa shape index (κ1) is 15.6. The topological polar surface area (TPSA) is 26.3 Å². The van der Waals surface area contributed by atoms with Gasteiger partial charge in [-0.1, -0.05) is 33.1 Å². The standard InChI is InChI=1S/C8H18O.C6H10O/c1-3-5-7-9-8-6-4-2;7-6-4-2-1-3-5-6/h3-8H2,1-2H3;1-5H2. The molecule has 0 aromatic rings. The number of hydrogen-bond donors (Lipinski definition) is 0. The Morgan fingerprint density at radius 3 is 1.75 bits per heavy atom. The molecule has 1 fully saturated rings. The summed E-state index contributed by atoms with van der Waals surface area (Å²) in [5, 5.41) is 0. The molecule has 0 heterocycles. The lowest BCUT2D eigenvalue weighted by Crippen LogP contribution is -2.02. The molecule has 0 saturated heterocycles. The number of ketones is 1. The summed E-state index contributed by atoms with van der Waals surface area (Å²) in [5.74, 6) is 0.464. The van der Waals surface area contributed by atoms with Gasteiger partial charge in [-0.3, -0.25) is 4.79 Å². The molecule has 0 radical (unpaired) electrons. The Kier molecular flexibility index (Phi) is 12.4. The highest BCUT2D eigenvalue weighted by molar-refractivity contribution is 5.78. The minimum absolute atomic E-state index is 0.464. The van der Waals surface area contributed by atoms with Crippen LogP contribution in [0.1, 0.15) is 71.6 Å². The Balaban J connectivity index is 0.000000288. The van der Waals surface area contributed by atoms with Crippen molar-refractivity contribution in [2.24, 2.45) is 0 Å². The minimum atomic E-state index is 0.464. The van der Waals surface area contributed by atoms with E-state index in [0.717, 1.165) is 38.9 Å². The molecule has 0 N–H and O–H groups in total. The van der Waals surface area contributed by atoms with Gasteiger partial charge in [-0.25, -0.2) is 0 Å². The van der Waals surface area contributed by atoms with Crippen molar-refractivity contribution >= 4 is 5.78 Å². The second-order valence-corrected chi connectivity index (χ2v) is 4.42. The van der Waals surface area contributed by atoms with Crippen molar-refractivity contribution < 1.29 is 9.53 Å². The third kappa shape index (κ3) is 11.7. The highest BCUT2D eigenvalue weighted by Gasteiger charge is 2.05. The van der Waals surface area contributed by atoms with Crippen molar-refractivity contribution in [3.63, 3.8) is 0 Å². The van der Waals surface area contributed by atoms with Gasteiger partial charge >= 0.3 is 0 Å². The van der Waals surface area contributed by atoms with Crippen LogP contribution in [0.25, 0.3) is 0 Å². The molecule has 1 rings (SSSR count). The third-order valence-electron chi connectivity index (χ3n) is 2.70. The summed E-state index contributed by atoms with van der Waals surface area (Å²) in [4.78, 5) is 10.5. The van der Waals surface area contributed by atoms with Gasteiger partial charge in [0.25, 0.3) is 0 Å². The molecule has 0 amide bonds. The van der Waals surface area contributed by atoms with Crippen LogP contribution in [0.2, 0.25) is 0 Å². The van der Waals surface area contributed by atoms with Gasteiger partial charge < -0.3 is 4.74 Å². The molecule has 2 heteroatoms. The van der Waals surface area contributed by atoms with Crippen molar-refractivity contribution in [1.29, 1.82) is 0 Å². The number of carbonyl (C=O) groups is 1. The van der Waals surface area contributed by atoms with Gasteiger partial charge in [0, 0.05) is 26.1 Å². The summed E-state index contributed by atoms with van der Waals surface area (Å²) in [5.41, 5.74) is 0. The van der Waals surface area contributed by atoms with Crippen molar-refractivity contribution in [2.75, 3.05) is 13.2 Å². The second kappa shape index (κ2) is 12.7. The van der Waals surface area contributed by atoms with Crippen LogP contribution in [0.3, 0.4) is 0 Å². The van der Waals surface area contributed by atoms with Gasteiger partial charge in [0.05, 0.1) is 0 Å². The Morgan fingerprint density at radius 2 is 1.44 bits per heavy atom. The quantitative estimate of drug-likeness (QED) is 0.639. The van der Waals surface area contributed by atoms with Crippen LogP contribution >= 0.6 is 0 Å². The maximum atomic E-state index is 10.5. The van der Waals surface area contributed by atoms with E-state index in [9.17, 15) is 4.79 Å². The van der Waals surface area contributed by atoms with Gasteiger partial charge in [-0.15, -0.1) is 0 Å². The minimum Gasteiger partial charge on any atom is -0.381 e. The second-order valence-electron chi connectivity index (χ2n) is 4.42. The highest BCUT2D eigenvalue weighted by Crippen LogP contribution is 2.12. The van der Waals surface area contributed by atoms with Crippen molar-refractivity contribution in [3.8, 4) is 0 Å². The molecule has 0 atom stereocenters. The molecule has 96 valence electrons. The van der Waals surface area contributed by atoms with E-state index in [4.69, 9.17) is 4.74 Å². The molecule has 16 heavy (non-hydrogen) atoms. The van der Waals surface area contributed by atoms with E-state index in [-0.39, 0.29) is 0 Å². The number of ether oxygens (including phenoxy) is 1. The van der Waals surface area contributed by atoms with E-state index in [1.807, 2.05) is 0 Å². The average molecular weight is 228 g/mol. The monoisotopic (exact) mass is 228 g/mol. The fraction of sp³-hybridized carbons (Fsp3) is 0.929. The summed E-state index contributed by atoms with van der Waals surface area (Å²) in [6.45, 7) is 6.28. The van der Waals surface area contributed by atoms with E-state index in [1.54, 1.807) is 0 Å².